The van der Waals surface area contributed by atoms with Gasteiger partial charge in [0.15, 0.2) is 0 Å². The average Bonchev–Trinajstić information content (AvgIpc) is 2.42. The number of rotatable bonds is 11. The Hall–Kier alpha value is -1.35. The fourth-order valence-corrected chi connectivity index (χ4v) is 1.72. The van der Waals surface area contributed by atoms with Crippen LogP contribution in [0.15, 0.2) is 30.3 Å². The van der Waals surface area contributed by atoms with Gasteiger partial charge in [0.25, 0.3) is 6.47 Å². The topological polar surface area (TPSA) is 35.5 Å². The summed E-state index contributed by atoms with van der Waals surface area (Å²) in [5, 5.41) is 0. The van der Waals surface area contributed by atoms with Crippen LogP contribution in [0.4, 0.5) is 0 Å². The van der Waals surface area contributed by atoms with E-state index in [0.29, 0.717) is 13.1 Å². The molecule has 0 N–H and O–H groups in total. The molecule has 0 spiro atoms. The van der Waals surface area contributed by atoms with Crippen molar-refractivity contribution in [2.24, 2.45) is 0 Å². The van der Waals surface area contributed by atoms with Gasteiger partial charge in [0.05, 0.1) is 6.61 Å². The lowest BCUT2D eigenvalue weighted by Crippen LogP contribution is -2.00. The molecule has 100 valence electrons. The monoisotopic (exact) mass is 250 g/mol. The first-order chi connectivity index (χ1) is 8.93. The fourth-order valence-electron chi connectivity index (χ4n) is 1.72. The van der Waals surface area contributed by atoms with Gasteiger partial charge in [-0.15, -0.1) is 0 Å². The summed E-state index contributed by atoms with van der Waals surface area (Å²) in [7, 11) is 0. The molecule has 0 radical (unpaired) electrons. The second-order valence-electron chi connectivity index (χ2n) is 4.23. The molecule has 0 fully saturated rings. The Labute approximate surface area is 109 Å². The zero-order valence-electron chi connectivity index (χ0n) is 10.8. The molecule has 3 nitrogen and oxygen atoms in total. The molecule has 0 bridgehead atoms. The van der Waals surface area contributed by atoms with Crippen molar-refractivity contribution in [1.82, 2.24) is 0 Å². The van der Waals surface area contributed by atoms with E-state index in [1.54, 1.807) is 0 Å². The van der Waals surface area contributed by atoms with Crippen LogP contribution in [0.3, 0.4) is 0 Å². The van der Waals surface area contributed by atoms with Crippen LogP contribution in [0.25, 0.3) is 0 Å². The Morgan fingerprint density at radius 3 is 2.28 bits per heavy atom. The maximum absolute atomic E-state index is 9.88. The summed E-state index contributed by atoms with van der Waals surface area (Å²) >= 11 is 0. The summed E-state index contributed by atoms with van der Waals surface area (Å²) in [5.41, 5.74) is 1.39. The highest BCUT2D eigenvalue weighted by atomic mass is 16.5. The maximum atomic E-state index is 9.88. The minimum Gasteiger partial charge on any atom is -0.468 e. The first-order valence-corrected chi connectivity index (χ1v) is 6.60. The van der Waals surface area contributed by atoms with Gasteiger partial charge in [0.1, 0.15) is 0 Å². The van der Waals surface area contributed by atoms with Crippen molar-refractivity contribution in [3.63, 3.8) is 0 Å². The van der Waals surface area contributed by atoms with Crippen LogP contribution in [-0.4, -0.2) is 26.3 Å². The summed E-state index contributed by atoms with van der Waals surface area (Å²) in [6, 6.07) is 10.5. The molecule has 0 amide bonds. The summed E-state index contributed by atoms with van der Waals surface area (Å²) in [5.74, 6) is 0. The lowest BCUT2D eigenvalue weighted by atomic mass is 10.1. The number of hydrogen-bond acceptors (Lipinski definition) is 3. The van der Waals surface area contributed by atoms with Crippen molar-refractivity contribution in [1.29, 1.82) is 0 Å². The number of ether oxygens (including phenoxy) is 2. The molecular weight excluding hydrogens is 228 g/mol. The Morgan fingerprint density at radius 2 is 1.56 bits per heavy atom. The molecule has 0 aliphatic heterocycles. The van der Waals surface area contributed by atoms with Crippen molar-refractivity contribution < 1.29 is 14.3 Å². The van der Waals surface area contributed by atoms with Crippen LogP contribution < -0.4 is 0 Å². The predicted octanol–water partition coefficient (Wildman–Crippen LogP) is 2.98. The van der Waals surface area contributed by atoms with Gasteiger partial charge in [0, 0.05) is 13.2 Å². The molecule has 0 atom stereocenters. The van der Waals surface area contributed by atoms with E-state index in [2.05, 4.69) is 29.0 Å². The Kier molecular flexibility index (Phi) is 8.81. The van der Waals surface area contributed by atoms with Crippen molar-refractivity contribution in [3.8, 4) is 0 Å². The second kappa shape index (κ2) is 10.8. The van der Waals surface area contributed by atoms with Gasteiger partial charge in [-0.3, -0.25) is 4.79 Å². The van der Waals surface area contributed by atoms with Crippen LogP contribution in [0, 0.1) is 0 Å². The van der Waals surface area contributed by atoms with Gasteiger partial charge in [-0.2, -0.15) is 0 Å². The molecule has 18 heavy (non-hydrogen) atoms. The summed E-state index contributed by atoms with van der Waals surface area (Å²) in [6.07, 6.45) is 5.21. The standard InChI is InChI=1S/C15H22O3/c16-14-18-13-7-6-12-17-11-5-4-10-15-8-2-1-3-9-15/h1-3,8-9,14H,4-7,10-13H2. The Balaban J connectivity index is 1.83. The third-order valence-electron chi connectivity index (χ3n) is 2.72. The number of hydrogen-bond donors (Lipinski definition) is 0. The van der Waals surface area contributed by atoms with E-state index in [-0.39, 0.29) is 0 Å². The zero-order valence-corrected chi connectivity index (χ0v) is 10.8. The Bertz CT molecular complexity index is 298. The van der Waals surface area contributed by atoms with Crippen LogP contribution in [0.2, 0.25) is 0 Å². The number of benzene rings is 1. The number of aryl methyl sites for hydroxylation is 1. The van der Waals surface area contributed by atoms with Crippen molar-refractivity contribution in [2.45, 2.75) is 32.1 Å². The van der Waals surface area contributed by atoms with Crippen molar-refractivity contribution in [2.75, 3.05) is 19.8 Å². The molecule has 0 aliphatic carbocycles. The van der Waals surface area contributed by atoms with Crippen molar-refractivity contribution in [3.05, 3.63) is 35.9 Å². The summed E-state index contributed by atoms with van der Waals surface area (Å²) < 4.78 is 10.1. The third kappa shape index (κ3) is 7.85. The average molecular weight is 250 g/mol. The van der Waals surface area contributed by atoms with E-state index in [4.69, 9.17) is 4.74 Å². The van der Waals surface area contributed by atoms with Crippen LogP contribution in [-0.2, 0) is 20.7 Å². The van der Waals surface area contributed by atoms with Gasteiger partial charge in [0.2, 0.25) is 0 Å². The molecule has 0 saturated carbocycles. The first-order valence-electron chi connectivity index (χ1n) is 6.60. The predicted molar refractivity (Wildman–Crippen MR) is 71.4 cm³/mol. The van der Waals surface area contributed by atoms with Gasteiger partial charge >= 0.3 is 0 Å². The van der Waals surface area contributed by atoms with E-state index >= 15 is 0 Å². The van der Waals surface area contributed by atoms with Gasteiger partial charge in [-0.05, 0) is 37.7 Å². The quantitative estimate of drug-likeness (QED) is 0.447. The smallest absolute Gasteiger partial charge is 0.293 e. The molecule has 0 aliphatic rings. The molecule has 1 aromatic rings. The number of carbonyl (C=O) groups is 1. The number of unbranched alkanes of at least 4 members (excludes halogenated alkanes) is 2. The molecule has 0 aromatic heterocycles. The SMILES string of the molecule is O=COCCCCOCCCCc1ccccc1. The summed E-state index contributed by atoms with van der Waals surface area (Å²) in [6.45, 7) is 2.57. The van der Waals surface area contributed by atoms with E-state index < -0.39 is 0 Å². The van der Waals surface area contributed by atoms with Crippen LogP contribution in [0.1, 0.15) is 31.2 Å². The highest BCUT2D eigenvalue weighted by Crippen LogP contribution is 2.04. The molecule has 1 aromatic carbocycles. The zero-order chi connectivity index (χ0) is 12.9. The second-order valence-corrected chi connectivity index (χ2v) is 4.23. The Morgan fingerprint density at radius 1 is 0.889 bits per heavy atom. The largest absolute Gasteiger partial charge is 0.468 e. The third-order valence-corrected chi connectivity index (χ3v) is 2.72. The van der Waals surface area contributed by atoms with Crippen LogP contribution >= 0.6 is 0 Å². The highest BCUT2D eigenvalue weighted by molar-refractivity contribution is 5.36. The molecule has 0 saturated heterocycles. The van der Waals surface area contributed by atoms with Crippen molar-refractivity contribution >= 4 is 6.47 Å². The van der Waals surface area contributed by atoms with Crippen LogP contribution in [0.5, 0.6) is 0 Å². The molecule has 0 unspecified atom stereocenters. The van der Waals surface area contributed by atoms with E-state index in [9.17, 15) is 4.79 Å². The maximum Gasteiger partial charge on any atom is 0.293 e. The van der Waals surface area contributed by atoms with E-state index in [0.717, 1.165) is 45.3 Å². The van der Waals surface area contributed by atoms with E-state index in [1.807, 2.05) is 6.07 Å². The molecule has 1 rings (SSSR count). The van der Waals surface area contributed by atoms with Gasteiger partial charge < -0.3 is 9.47 Å². The van der Waals surface area contributed by atoms with Gasteiger partial charge in [-0.25, -0.2) is 0 Å². The first kappa shape index (κ1) is 14.7. The molecule has 0 heterocycles. The fraction of sp³-hybridized carbons (Fsp3) is 0.533. The minimum atomic E-state index is 0.491. The minimum absolute atomic E-state index is 0.491. The lowest BCUT2D eigenvalue weighted by Gasteiger charge is -2.04. The summed E-state index contributed by atoms with van der Waals surface area (Å²) in [4.78, 5) is 9.88. The highest BCUT2D eigenvalue weighted by Gasteiger charge is 1.93. The molecule has 3 heteroatoms. The molecular formula is C15H22O3. The van der Waals surface area contributed by atoms with E-state index in [1.165, 1.54) is 5.56 Å². The number of carbonyl (C=O) groups excluding carboxylic acids is 1. The lowest BCUT2D eigenvalue weighted by molar-refractivity contribution is -0.128. The normalized spacial score (nSPS) is 10.2. The van der Waals surface area contributed by atoms with Gasteiger partial charge in [-0.1, -0.05) is 30.3 Å².